The van der Waals surface area contributed by atoms with Gasteiger partial charge in [0.2, 0.25) is 17.7 Å². The standard InChI is InChI=1S/C25H28F3N3O4/c1-14(2)24(25(34)29-16-7-9-20(35-3)19(27)11-16)30-21(32)12-17-8-10-22(33)31(17)13-15-5-4-6-18(26)23(15)28/h4-7,9,11,14,17,24H,8,10,12-13H2,1-3H3,(H,29,34)(H,30,32)/t17-,24?/m0/s1. The van der Waals surface area contributed by atoms with E-state index >= 15 is 0 Å². The minimum atomic E-state index is -1.03. The molecule has 3 rings (SSSR count). The van der Waals surface area contributed by atoms with Crippen LogP contribution in [0.1, 0.15) is 38.7 Å². The maximum absolute atomic E-state index is 14.1. The summed E-state index contributed by atoms with van der Waals surface area (Å²) in [6.07, 6.45) is 0.467. The van der Waals surface area contributed by atoms with Crippen molar-refractivity contribution in [3.63, 3.8) is 0 Å². The van der Waals surface area contributed by atoms with E-state index < -0.39 is 41.3 Å². The number of rotatable bonds is 9. The fourth-order valence-electron chi connectivity index (χ4n) is 4.02. The Labute approximate surface area is 201 Å². The molecule has 2 aromatic carbocycles. The molecular weight excluding hydrogens is 463 g/mol. The number of methoxy groups -OCH3 is 1. The number of benzene rings is 2. The number of amides is 3. The second kappa shape index (κ2) is 11.2. The Hall–Kier alpha value is -3.56. The van der Waals surface area contributed by atoms with E-state index in [0.29, 0.717) is 6.42 Å². The number of halogens is 3. The number of likely N-dealkylation sites (tertiary alicyclic amines) is 1. The molecule has 188 valence electrons. The van der Waals surface area contributed by atoms with Gasteiger partial charge in [-0.2, -0.15) is 0 Å². The molecule has 0 aromatic heterocycles. The van der Waals surface area contributed by atoms with Gasteiger partial charge in [0.1, 0.15) is 6.04 Å². The first kappa shape index (κ1) is 26.1. The van der Waals surface area contributed by atoms with E-state index in [9.17, 15) is 27.6 Å². The maximum Gasteiger partial charge on any atom is 0.247 e. The summed E-state index contributed by atoms with van der Waals surface area (Å²) in [6, 6.07) is 6.28. The Morgan fingerprint density at radius 2 is 1.89 bits per heavy atom. The molecule has 1 heterocycles. The van der Waals surface area contributed by atoms with Crippen LogP contribution in [0, 0.1) is 23.4 Å². The summed E-state index contributed by atoms with van der Waals surface area (Å²) in [5.41, 5.74) is 0.231. The molecule has 2 atom stereocenters. The van der Waals surface area contributed by atoms with Gasteiger partial charge in [0.05, 0.1) is 7.11 Å². The topological polar surface area (TPSA) is 87.7 Å². The van der Waals surface area contributed by atoms with E-state index in [0.717, 1.165) is 12.1 Å². The number of anilines is 1. The molecule has 10 heteroatoms. The summed E-state index contributed by atoms with van der Waals surface area (Å²) in [5, 5.41) is 5.26. The molecule has 1 aliphatic heterocycles. The monoisotopic (exact) mass is 491 g/mol. The Morgan fingerprint density at radius 3 is 2.54 bits per heavy atom. The number of carbonyl (C=O) groups is 3. The number of ether oxygens (including phenoxy) is 1. The molecule has 2 N–H and O–H groups in total. The number of hydrogen-bond acceptors (Lipinski definition) is 4. The molecule has 1 unspecified atom stereocenters. The lowest BCUT2D eigenvalue weighted by atomic mass is 10.0. The van der Waals surface area contributed by atoms with Crippen LogP contribution in [-0.2, 0) is 20.9 Å². The van der Waals surface area contributed by atoms with Gasteiger partial charge < -0.3 is 20.3 Å². The summed E-state index contributed by atoms with van der Waals surface area (Å²) in [7, 11) is 1.33. The van der Waals surface area contributed by atoms with E-state index in [1.165, 1.54) is 36.3 Å². The molecular formula is C25H28F3N3O4. The van der Waals surface area contributed by atoms with Crippen molar-refractivity contribution in [1.29, 1.82) is 0 Å². The minimum Gasteiger partial charge on any atom is -0.494 e. The van der Waals surface area contributed by atoms with Gasteiger partial charge in [-0.1, -0.05) is 26.0 Å². The predicted octanol–water partition coefficient (Wildman–Crippen LogP) is 3.77. The van der Waals surface area contributed by atoms with Gasteiger partial charge in [-0.3, -0.25) is 14.4 Å². The van der Waals surface area contributed by atoms with Crippen LogP contribution in [0.2, 0.25) is 0 Å². The highest BCUT2D eigenvalue weighted by Gasteiger charge is 2.34. The van der Waals surface area contributed by atoms with Crippen molar-refractivity contribution in [2.45, 2.75) is 51.7 Å². The summed E-state index contributed by atoms with van der Waals surface area (Å²) >= 11 is 0. The van der Waals surface area contributed by atoms with Crippen molar-refractivity contribution >= 4 is 23.4 Å². The quantitative estimate of drug-likeness (QED) is 0.559. The smallest absolute Gasteiger partial charge is 0.247 e. The molecule has 35 heavy (non-hydrogen) atoms. The first-order valence-corrected chi connectivity index (χ1v) is 11.3. The molecule has 0 aliphatic carbocycles. The SMILES string of the molecule is COc1ccc(NC(=O)C(NC(=O)C[C@@H]2CCC(=O)N2Cc2cccc(F)c2F)C(C)C)cc1F. The maximum atomic E-state index is 14.1. The third-order valence-corrected chi connectivity index (χ3v) is 5.93. The van der Waals surface area contributed by atoms with Crippen LogP contribution in [-0.4, -0.2) is 41.8 Å². The largest absolute Gasteiger partial charge is 0.494 e. The first-order chi connectivity index (χ1) is 16.6. The third kappa shape index (κ3) is 6.32. The number of nitrogens with zero attached hydrogens (tertiary/aromatic N) is 1. The minimum absolute atomic E-state index is 0.0248. The molecule has 0 radical (unpaired) electrons. The second-order valence-corrected chi connectivity index (χ2v) is 8.76. The zero-order valence-electron chi connectivity index (χ0n) is 19.7. The second-order valence-electron chi connectivity index (χ2n) is 8.76. The highest BCUT2D eigenvalue weighted by Crippen LogP contribution is 2.26. The van der Waals surface area contributed by atoms with Crippen LogP contribution in [0.25, 0.3) is 0 Å². The van der Waals surface area contributed by atoms with Crippen molar-refractivity contribution in [2.24, 2.45) is 5.92 Å². The van der Waals surface area contributed by atoms with Crippen LogP contribution >= 0.6 is 0 Å². The Morgan fingerprint density at radius 1 is 1.14 bits per heavy atom. The molecule has 0 bridgehead atoms. The van der Waals surface area contributed by atoms with Gasteiger partial charge in [-0.25, -0.2) is 13.2 Å². The van der Waals surface area contributed by atoms with Crippen LogP contribution in [0.4, 0.5) is 18.9 Å². The molecule has 0 saturated carbocycles. The highest BCUT2D eigenvalue weighted by atomic mass is 19.2. The molecule has 7 nitrogen and oxygen atoms in total. The van der Waals surface area contributed by atoms with Gasteiger partial charge >= 0.3 is 0 Å². The van der Waals surface area contributed by atoms with Crippen LogP contribution < -0.4 is 15.4 Å². The van der Waals surface area contributed by atoms with E-state index in [4.69, 9.17) is 4.74 Å². The number of nitrogens with one attached hydrogen (secondary N) is 2. The summed E-state index contributed by atoms with van der Waals surface area (Å²) in [5.74, 6) is -4.19. The molecule has 3 amide bonds. The summed E-state index contributed by atoms with van der Waals surface area (Å²) < 4.78 is 46.5. The molecule has 2 aromatic rings. The van der Waals surface area contributed by atoms with E-state index in [2.05, 4.69) is 10.6 Å². The molecule has 0 spiro atoms. The van der Waals surface area contributed by atoms with Gasteiger partial charge in [0.25, 0.3) is 0 Å². The van der Waals surface area contributed by atoms with Crippen molar-refractivity contribution in [3.8, 4) is 5.75 Å². The van der Waals surface area contributed by atoms with E-state index in [1.807, 2.05) is 0 Å². The molecule has 1 aliphatic rings. The van der Waals surface area contributed by atoms with Crippen LogP contribution in [0.15, 0.2) is 36.4 Å². The number of hydrogen-bond donors (Lipinski definition) is 2. The van der Waals surface area contributed by atoms with Crippen molar-refractivity contribution in [2.75, 3.05) is 12.4 Å². The van der Waals surface area contributed by atoms with Crippen molar-refractivity contribution < 1.29 is 32.3 Å². The van der Waals surface area contributed by atoms with Gasteiger partial charge in [-0.05, 0) is 30.5 Å². The Kier molecular flexibility index (Phi) is 8.37. The van der Waals surface area contributed by atoms with Gasteiger partial charge in [0, 0.05) is 42.7 Å². The first-order valence-electron chi connectivity index (χ1n) is 11.3. The lowest BCUT2D eigenvalue weighted by Crippen LogP contribution is -2.48. The van der Waals surface area contributed by atoms with Crippen LogP contribution in [0.3, 0.4) is 0 Å². The summed E-state index contributed by atoms with van der Waals surface area (Å²) in [4.78, 5) is 39.3. The van der Waals surface area contributed by atoms with Gasteiger partial charge in [-0.15, -0.1) is 0 Å². The van der Waals surface area contributed by atoms with E-state index in [-0.39, 0.29) is 48.2 Å². The van der Waals surface area contributed by atoms with Crippen molar-refractivity contribution in [3.05, 3.63) is 59.4 Å². The number of carbonyl (C=O) groups excluding carboxylic acids is 3. The van der Waals surface area contributed by atoms with E-state index in [1.54, 1.807) is 13.8 Å². The van der Waals surface area contributed by atoms with Crippen LogP contribution in [0.5, 0.6) is 5.75 Å². The zero-order valence-corrected chi connectivity index (χ0v) is 19.7. The summed E-state index contributed by atoms with van der Waals surface area (Å²) in [6.45, 7) is 3.34. The fourth-order valence-corrected chi connectivity index (χ4v) is 4.02. The zero-order chi connectivity index (χ0) is 25.7. The molecule has 1 fully saturated rings. The normalized spacial score (nSPS) is 16.4. The lowest BCUT2D eigenvalue weighted by molar-refractivity contribution is -0.131. The average Bonchev–Trinajstić information content (AvgIpc) is 3.14. The lowest BCUT2D eigenvalue weighted by Gasteiger charge is -2.27. The average molecular weight is 492 g/mol. The van der Waals surface area contributed by atoms with Gasteiger partial charge in [0.15, 0.2) is 23.2 Å². The fraction of sp³-hybridized carbons (Fsp3) is 0.400. The Bertz CT molecular complexity index is 1110. The molecule has 1 saturated heterocycles. The third-order valence-electron chi connectivity index (χ3n) is 5.93. The predicted molar refractivity (Wildman–Crippen MR) is 123 cm³/mol. The Balaban J connectivity index is 1.65. The highest BCUT2D eigenvalue weighted by molar-refractivity contribution is 5.97. The van der Waals surface area contributed by atoms with Crippen molar-refractivity contribution in [1.82, 2.24) is 10.2 Å².